The largest absolute Gasteiger partial charge is 0.357 e. The van der Waals surface area contributed by atoms with E-state index >= 15 is 0 Å². The number of aromatic amines is 2. The predicted octanol–water partition coefficient (Wildman–Crippen LogP) is 1.65. The molecule has 0 aromatic carbocycles. The van der Waals surface area contributed by atoms with Crippen molar-refractivity contribution < 1.29 is 4.79 Å². The Morgan fingerprint density at radius 3 is 2.86 bits per heavy atom. The second-order valence-electron chi connectivity index (χ2n) is 6.49. The third-order valence-corrected chi connectivity index (χ3v) is 4.99. The van der Waals surface area contributed by atoms with E-state index in [0.717, 1.165) is 37.1 Å². The van der Waals surface area contributed by atoms with Crippen LogP contribution in [0.25, 0.3) is 0 Å². The lowest BCUT2D eigenvalue weighted by molar-refractivity contribution is 0.0937. The molecule has 2 fully saturated rings. The van der Waals surface area contributed by atoms with Crippen LogP contribution in [0.4, 0.5) is 0 Å². The molecule has 7 nitrogen and oxygen atoms in total. The van der Waals surface area contributed by atoms with E-state index in [1.54, 1.807) is 0 Å². The van der Waals surface area contributed by atoms with Gasteiger partial charge in [0.2, 0.25) is 0 Å². The molecular formula is C15H20N6O. The van der Waals surface area contributed by atoms with Gasteiger partial charge in [-0.1, -0.05) is 18.1 Å². The van der Waals surface area contributed by atoms with Crippen LogP contribution in [-0.4, -0.2) is 38.1 Å². The van der Waals surface area contributed by atoms with Crippen molar-refractivity contribution in [3.8, 4) is 0 Å². The lowest BCUT2D eigenvalue weighted by Gasteiger charge is -2.25. The van der Waals surface area contributed by atoms with Crippen LogP contribution in [0.5, 0.6) is 0 Å². The minimum absolute atomic E-state index is 0.0262. The number of carbonyl (C=O) groups excluding carboxylic acids is 1. The molecule has 116 valence electrons. The van der Waals surface area contributed by atoms with Gasteiger partial charge >= 0.3 is 0 Å². The molecule has 2 aromatic heterocycles. The van der Waals surface area contributed by atoms with Gasteiger partial charge in [0.15, 0.2) is 5.82 Å². The first-order valence-corrected chi connectivity index (χ1v) is 7.98. The molecule has 2 aliphatic rings. The van der Waals surface area contributed by atoms with Crippen molar-refractivity contribution >= 4 is 5.91 Å². The van der Waals surface area contributed by atoms with Crippen LogP contribution >= 0.6 is 0 Å². The average molecular weight is 300 g/mol. The smallest absolute Gasteiger partial charge is 0.268 e. The summed E-state index contributed by atoms with van der Waals surface area (Å²) in [4.78, 5) is 15.6. The second-order valence-corrected chi connectivity index (χ2v) is 6.49. The molecule has 2 aromatic rings. The summed E-state index contributed by atoms with van der Waals surface area (Å²) in [5, 5.41) is 17.6. The van der Waals surface area contributed by atoms with E-state index in [1.807, 2.05) is 12.3 Å². The summed E-state index contributed by atoms with van der Waals surface area (Å²) >= 11 is 0. The summed E-state index contributed by atoms with van der Waals surface area (Å²) in [6.45, 7) is 0.564. The van der Waals surface area contributed by atoms with Gasteiger partial charge in [0.1, 0.15) is 5.69 Å². The minimum Gasteiger partial charge on any atom is -0.357 e. The van der Waals surface area contributed by atoms with Gasteiger partial charge in [-0.2, -0.15) is 5.21 Å². The van der Waals surface area contributed by atoms with Crippen molar-refractivity contribution in [2.24, 2.45) is 0 Å². The first-order valence-electron chi connectivity index (χ1n) is 7.98. The van der Waals surface area contributed by atoms with Crippen LogP contribution in [0.3, 0.4) is 0 Å². The van der Waals surface area contributed by atoms with Gasteiger partial charge in [-0.25, -0.2) is 0 Å². The number of hydrogen-bond acceptors (Lipinski definition) is 4. The Bertz CT molecular complexity index is 651. The van der Waals surface area contributed by atoms with Gasteiger partial charge < -0.3 is 10.3 Å². The Morgan fingerprint density at radius 2 is 2.18 bits per heavy atom. The Labute approximate surface area is 128 Å². The summed E-state index contributed by atoms with van der Waals surface area (Å²) in [6.07, 6.45) is 8.49. The van der Waals surface area contributed by atoms with E-state index in [9.17, 15) is 4.79 Å². The molecule has 0 aliphatic heterocycles. The Morgan fingerprint density at radius 1 is 1.36 bits per heavy atom. The number of rotatable bonds is 5. The molecule has 2 saturated carbocycles. The summed E-state index contributed by atoms with van der Waals surface area (Å²) in [7, 11) is 0. The molecule has 22 heavy (non-hydrogen) atoms. The van der Waals surface area contributed by atoms with E-state index in [-0.39, 0.29) is 11.3 Å². The van der Waals surface area contributed by atoms with E-state index in [2.05, 4.69) is 30.9 Å². The van der Waals surface area contributed by atoms with Crippen molar-refractivity contribution in [1.29, 1.82) is 0 Å². The number of H-pyrrole nitrogens is 2. The van der Waals surface area contributed by atoms with Gasteiger partial charge in [0.25, 0.3) is 5.91 Å². The summed E-state index contributed by atoms with van der Waals surface area (Å²) < 4.78 is 0. The Hall–Kier alpha value is -2.18. The van der Waals surface area contributed by atoms with Gasteiger partial charge in [0, 0.05) is 12.7 Å². The maximum atomic E-state index is 12.5. The normalized spacial score (nSPS) is 20.2. The zero-order valence-corrected chi connectivity index (χ0v) is 12.4. The number of carbonyl (C=O) groups is 1. The Kier molecular flexibility index (Phi) is 3.20. The van der Waals surface area contributed by atoms with Crippen molar-refractivity contribution in [1.82, 2.24) is 30.9 Å². The van der Waals surface area contributed by atoms with Crippen LogP contribution < -0.4 is 5.32 Å². The predicted molar refractivity (Wildman–Crippen MR) is 79.4 cm³/mol. The highest BCUT2D eigenvalue weighted by atomic mass is 16.1. The molecule has 0 atom stereocenters. The zero-order chi connectivity index (χ0) is 15.0. The quantitative estimate of drug-likeness (QED) is 0.781. The zero-order valence-electron chi connectivity index (χ0n) is 12.4. The monoisotopic (exact) mass is 300 g/mol. The molecule has 0 spiro atoms. The second kappa shape index (κ2) is 5.23. The van der Waals surface area contributed by atoms with Crippen LogP contribution in [-0.2, 0) is 5.41 Å². The topological polar surface area (TPSA) is 99.3 Å². The molecule has 2 aliphatic carbocycles. The summed E-state index contributed by atoms with van der Waals surface area (Å²) in [6, 6.07) is 2.02. The van der Waals surface area contributed by atoms with E-state index < -0.39 is 0 Å². The molecule has 4 rings (SSSR count). The highest BCUT2D eigenvalue weighted by molar-refractivity contribution is 5.94. The summed E-state index contributed by atoms with van der Waals surface area (Å²) in [5.41, 5.74) is 1.69. The fraction of sp³-hybridized carbons (Fsp3) is 0.600. The fourth-order valence-electron chi connectivity index (χ4n) is 3.57. The van der Waals surface area contributed by atoms with E-state index in [0.29, 0.717) is 18.2 Å². The van der Waals surface area contributed by atoms with Crippen LogP contribution in [0.1, 0.15) is 66.3 Å². The average Bonchev–Trinajstić information content (AvgIpc) is 3.03. The van der Waals surface area contributed by atoms with Crippen molar-refractivity contribution in [3.63, 3.8) is 0 Å². The lowest BCUT2D eigenvalue weighted by atomic mass is 9.85. The number of nitrogens with one attached hydrogen (secondary N) is 3. The standard InChI is InChI=1S/C15H20N6O/c22-13(12-11(5-8-16-12)10-3-4-10)17-9-15(6-1-2-7-15)14-18-20-21-19-14/h5,8,10,16H,1-4,6-7,9H2,(H,17,22)(H,18,19,20,21). The molecule has 0 radical (unpaired) electrons. The SMILES string of the molecule is O=C(NCC1(c2nn[nH]n2)CCCC1)c1[nH]ccc1C1CC1. The third-order valence-electron chi connectivity index (χ3n) is 4.99. The highest BCUT2D eigenvalue weighted by Crippen LogP contribution is 2.42. The van der Waals surface area contributed by atoms with E-state index in [4.69, 9.17) is 0 Å². The van der Waals surface area contributed by atoms with Crippen LogP contribution in [0, 0.1) is 0 Å². The Balaban J connectivity index is 1.49. The third kappa shape index (κ3) is 2.30. The maximum absolute atomic E-state index is 12.5. The molecule has 7 heteroatoms. The van der Waals surface area contributed by atoms with Crippen molar-refractivity contribution in [2.45, 2.75) is 49.9 Å². The number of amides is 1. The van der Waals surface area contributed by atoms with Crippen molar-refractivity contribution in [2.75, 3.05) is 6.54 Å². The molecule has 0 unspecified atom stereocenters. The van der Waals surface area contributed by atoms with Crippen LogP contribution in [0.15, 0.2) is 12.3 Å². The number of tetrazole rings is 1. The first kappa shape index (κ1) is 13.5. The molecular weight excluding hydrogens is 280 g/mol. The highest BCUT2D eigenvalue weighted by Gasteiger charge is 2.40. The van der Waals surface area contributed by atoms with E-state index in [1.165, 1.54) is 12.8 Å². The molecule has 0 bridgehead atoms. The van der Waals surface area contributed by atoms with Crippen LogP contribution in [0.2, 0.25) is 0 Å². The number of aromatic nitrogens is 5. The fourth-order valence-corrected chi connectivity index (χ4v) is 3.57. The summed E-state index contributed by atoms with van der Waals surface area (Å²) in [5.74, 6) is 1.26. The van der Waals surface area contributed by atoms with Crippen molar-refractivity contribution in [3.05, 3.63) is 29.3 Å². The molecule has 2 heterocycles. The maximum Gasteiger partial charge on any atom is 0.268 e. The molecule has 1 amide bonds. The number of nitrogens with zero attached hydrogens (tertiary/aromatic N) is 3. The molecule has 0 saturated heterocycles. The minimum atomic E-state index is -0.172. The van der Waals surface area contributed by atoms with Gasteiger partial charge in [-0.05, 0) is 43.2 Å². The molecule has 3 N–H and O–H groups in total. The van der Waals surface area contributed by atoms with Gasteiger partial charge in [0.05, 0.1) is 5.41 Å². The number of hydrogen-bond donors (Lipinski definition) is 3. The van der Waals surface area contributed by atoms with Gasteiger partial charge in [-0.3, -0.25) is 4.79 Å². The first-order chi connectivity index (χ1) is 10.8. The lowest BCUT2D eigenvalue weighted by Crippen LogP contribution is -2.40. The van der Waals surface area contributed by atoms with Gasteiger partial charge in [-0.15, -0.1) is 10.2 Å².